The highest BCUT2D eigenvalue weighted by molar-refractivity contribution is 7.92. The van der Waals surface area contributed by atoms with Gasteiger partial charge in [-0.05, 0) is 69.0 Å². The molecule has 0 aromatic heterocycles. The van der Waals surface area contributed by atoms with E-state index >= 15 is 0 Å². The van der Waals surface area contributed by atoms with Crippen LogP contribution in [0.3, 0.4) is 0 Å². The van der Waals surface area contributed by atoms with Crippen molar-refractivity contribution in [3.05, 3.63) is 94.5 Å². The van der Waals surface area contributed by atoms with Gasteiger partial charge >= 0.3 is 0 Å². The van der Waals surface area contributed by atoms with Crippen molar-refractivity contribution in [1.82, 2.24) is 10.2 Å². The Morgan fingerprint density at radius 2 is 1.62 bits per heavy atom. The lowest BCUT2D eigenvalue weighted by Gasteiger charge is -2.33. The van der Waals surface area contributed by atoms with E-state index in [1.54, 1.807) is 49.4 Å². The smallest absolute Gasteiger partial charge is 0.264 e. The minimum atomic E-state index is -4.10. The van der Waals surface area contributed by atoms with E-state index in [0.717, 1.165) is 41.1 Å². The van der Waals surface area contributed by atoms with Crippen molar-refractivity contribution in [3.63, 3.8) is 0 Å². The van der Waals surface area contributed by atoms with Crippen LogP contribution < -0.4 is 9.62 Å². The molecule has 1 aliphatic rings. The van der Waals surface area contributed by atoms with Crippen molar-refractivity contribution in [2.24, 2.45) is 0 Å². The van der Waals surface area contributed by atoms with Gasteiger partial charge < -0.3 is 10.2 Å². The number of carbonyl (C=O) groups is 2. The first-order chi connectivity index (χ1) is 19.1. The molecule has 4 rings (SSSR count). The highest BCUT2D eigenvalue weighted by Gasteiger charge is 2.34. The van der Waals surface area contributed by atoms with Gasteiger partial charge in [0.1, 0.15) is 12.6 Å². The second-order valence-electron chi connectivity index (χ2n) is 10.4. The number of aryl methyl sites for hydroxylation is 2. The number of hydrogen-bond acceptors (Lipinski definition) is 4. The van der Waals surface area contributed by atoms with Crippen LogP contribution in [0.5, 0.6) is 0 Å². The summed E-state index contributed by atoms with van der Waals surface area (Å²) in [6.07, 6.45) is 3.94. The van der Waals surface area contributed by atoms with Gasteiger partial charge in [-0.15, -0.1) is 0 Å². The van der Waals surface area contributed by atoms with Crippen LogP contribution in [0, 0.1) is 13.8 Å². The van der Waals surface area contributed by atoms with E-state index in [9.17, 15) is 18.0 Å². The normalized spacial score (nSPS) is 14.5. The number of nitrogens with zero attached hydrogens (tertiary/aromatic N) is 2. The summed E-state index contributed by atoms with van der Waals surface area (Å²) in [5.74, 6) is -0.773. The Bertz CT molecular complexity index is 1460. The van der Waals surface area contributed by atoms with E-state index in [4.69, 9.17) is 11.6 Å². The summed E-state index contributed by atoms with van der Waals surface area (Å²) in [4.78, 5) is 28.9. The largest absolute Gasteiger partial charge is 0.352 e. The molecule has 2 amide bonds. The maximum absolute atomic E-state index is 14.1. The Kier molecular flexibility index (Phi) is 9.53. The Hall–Kier alpha value is -3.36. The quantitative estimate of drug-likeness (QED) is 0.336. The summed E-state index contributed by atoms with van der Waals surface area (Å²) < 4.78 is 29.0. The van der Waals surface area contributed by atoms with E-state index in [0.29, 0.717) is 16.3 Å². The molecule has 0 bridgehead atoms. The zero-order valence-electron chi connectivity index (χ0n) is 23.1. The fourth-order valence-corrected chi connectivity index (χ4v) is 6.80. The first kappa shape index (κ1) is 29.6. The Morgan fingerprint density at radius 1 is 0.975 bits per heavy atom. The molecule has 1 unspecified atom stereocenters. The molecule has 7 nitrogen and oxygen atoms in total. The molecular formula is C31H36ClN3O4S. The average Bonchev–Trinajstić information content (AvgIpc) is 3.44. The zero-order valence-corrected chi connectivity index (χ0v) is 24.7. The first-order valence-corrected chi connectivity index (χ1v) is 15.4. The van der Waals surface area contributed by atoms with E-state index in [-0.39, 0.29) is 23.4 Å². The van der Waals surface area contributed by atoms with Gasteiger partial charge in [-0.2, -0.15) is 0 Å². The second-order valence-corrected chi connectivity index (χ2v) is 12.7. The first-order valence-electron chi connectivity index (χ1n) is 13.6. The standard InChI is InChI=1S/C31H36ClN3O4S/c1-22-17-18-29(23(2)19-22)35(40(38,39)27-14-5-4-6-15-27)21-30(36)34(20-25-11-7-10-16-28(25)32)24(3)31(37)33-26-12-8-9-13-26/h4-7,10-11,14-19,24,26H,8-9,12-13,20-21H2,1-3H3,(H,33,37). The number of benzene rings is 3. The van der Waals surface area contributed by atoms with Crippen molar-refractivity contribution < 1.29 is 18.0 Å². The maximum atomic E-state index is 14.1. The molecule has 3 aromatic carbocycles. The number of halogens is 1. The lowest BCUT2D eigenvalue weighted by molar-refractivity contribution is -0.139. The molecule has 0 spiro atoms. The minimum absolute atomic E-state index is 0.0594. The molecule has 3 aromatic rings. The molecule has 1 N–H and O–H groups in total. The van der Waals surface area contributed by atoms with Gasteiger partial charge in [-0.1, -0.05) is 78.5 Å². The molecule has 0 aliphatic heterocycles. The topological polar surface area (TPSA) is 86.8 Å². The number of anilines is 1. The molecule has 1 fully saturated rings. The predicted molar refractivity (Wildman–Crippen MR) is 159 cm³/mol. The number of hydrogen-bond donors (Lipinski definition) is 1. The molecule has 9 heteroatoms. The monoisotopic (exact) mass is 581 g/mol. The summed E-state index contributed by atoms with van der Waals surface area (Å²) >= 11 is 6.44. The summed E-state index contributed by atoms with van der Waals surface area (Å²) in [5.41, 5.74) is 2.77. The van der Waals surface area contributed by atoms with Crippen LogP contribution in [0.4, 0.5) is 5.69 Å². The third-order valence-corrected chi connectivity index (χ3v) is 9.54. The van der Waals surface area contributed by atoms with Gasteiger partial charge in [0.2, 0.25) is 11.8 Å². The summed E-state index contributed by atoms with van der Waals surface area (Å²) in [7, 11) is -4.10. The number of sulfonamides is 1. The fourth-order valence-electron chi connectivity index (χ4n) is 5.10. The van der Waals surface area contributed by atoms with E-state index in [1.165, 1.54) is 17.0 Å². The number of rotatable bonds is 10. The lowest BCUT2D eigenvalue weighted by Crippen LogP contribution is -2.52. The number of nitrogens with one attached hydrogen (secondary N) is 1. The Labute approximate surface area is 242 Å². The molecule has 1 atom stereocenters. The molecular weight excluding hydrogens is 546 g/mol. The van der Waals surface area contributed by atoms with Crippen molar-refractivity contribution in [3.8, 4) is 0 Å². The molecule has 1 saturated carbocycles. The van der Waals surface area contributed by atoms with Gasteiger partial charge in [-0.3, -0.25) is 13.9 Å². The highest BCUT2D eigenvalue weighted by atomic mass is 35.5. The van der Waals surface area contributed by atoms with Gasteiger partial charge in [0.05, 0.1) is 10.6 Å². The van der Waals surface area contributed by atoms with Crippen molar-refractivity contribution in [1.29, 1.82) is 0 Å². The predicted octanol–water partition coefficient (Wildman–Crippen LogP) is 5.63. The third kappa shape index (κ3) is 6.85. The second kappa shape index (κ2) is 12.9. The molecule has 0 saturated heterocycles. The van der Waals surface area contributed by atoms with Crippen LogP contribution in [0.15, 0.2) is 77.7 Å². The van der Waals surface area contributed by atoms with Crippen LogP contribution in [0.25, 0.3) is 0 Å². The van der Waals surface area contributed by atoms with Crippen LogP contribution in [0.2, 0.25) is 5.02 Å². The van der Waals surface area contributed by atoms with Gasteiger partial charge in [0, 0.05) is 17.6 Å². The molecule has 0 heterocycles. The summed E-state index contributed by atoms with van der Waals surface area (Å²) in [5, 5.41) is 3.54. The average molecular weight is 582 g/mol. The highest BCUT2D eigenvalue weighted by Crippen LogP contribution is 2.29. The zero-order chi connectivity index (χ0) is 28.9. The van der Waals surface area contributed by atoms with Crippen LogP contribution in [-0.4, -0.2) is 43.8 Å². The maximum Gasteiger partial charge on any atom is 0.264 e. The van der Waals surface area contributed by atoms with Crippen LogP contribution in [-0.2, 0) is 26.2 Å². The van der Waals surface area contributed by atoms with E-state index < -0.39 is 28.5 Å². The van der Waals surface area contributed by atoms with E-state index in [1.807, 2.05) is 32.0 Å². The van der Waals surface area contributed by atoms with Gasteiger partial charge in [0.15, 0.2) is 0 Å². The summed E-state index contributed by atoms with van der Waals surface area (Å²) in [6, 6.07) is 19.8. The van der Waals surface area contributed by atoms with Crippen LogP contribution >= 0.6 is 11.6 Å². The van der Waals surface area contributed by atoms with Gasteiger partial charge in [0.25, 0.3) is 10.0 Å². The van der Waals surface area contributed by atoms with Crippen LogP contribution in [0.1, 0.15) is 49.3 Å². The van der Waals surface area contributed by atoms with Crippen molar-refractivity contribution >= 4 is 39.1 Å². The summed E-state index contributed by atoms with van der Waals surface area (Å²) in [6.45, 7) is 5.00. The number of amides is 2. The third-order valence-electron chi connectivity index (χ3n) is 7.40. The Balaban J connectivity index is 1.71. The lowest BCUT2D eigenvalue weighted by atomic mass is 10.1. The number of carbonyl (C=O) groups excluding carboxylic acids is 2. The minimum Gasteiger partial charge on any atom is -0.352 e. The van der Waals surface area contributed by atoms with Crippen molar-refractivity contribution in [2.45, 2.75) is 70.0 Å². The fraction of sp³-hybridized carbons (Fsp3) is 0.355. The van der Waals surface area contributed by atoms with Crippen molar-refractivity contribution in [2.75, 3.05) is 10.8 Å². The van der Waals surface area contributed by atoms with Gasteiger partial charge in [-0.25, -0.2) is 8.42 Å². The van der Waals surface area contributed by atoms with E-state index in [2.05, 4.69) is 5.32 Å². The molecule has 1 aliphatic carbocycles. The SMILES string of the molecule is Cc1ccc(N(CC(=O)N(Cc2ccccc2Cl)C(C)C(=O)NC2CCCC2)S(=O)(=O)c2ccccc2)c(C)c1. The molecule has 40 heavy (non-hydrogen) atoms. The molecule has 212 valence electrons. The Morgan fingerprint density at radius 3 is 2.27 bits per heavy atom. The molecule has 0 radical (unpaired) electrons.